The van der Waals surface area contributed by atoms with Crippen molar-refractivity contribution in [2.45, 2.75) is 12.8 Å². The zero-order valence-electron chi connectivity index (χ0n) is 9.07. The van der Waals surface area contributed by atoms with Gasteiger partial charge in [0.1, 0.15) is 4.88 Å². The largest absolute Gasteiger partial charge is 0.397 e. The predicted molar refractivity (Wildman–Crippen MR) is 64.6 cm³/mol. The monoisotopic (exact) mass is 240 g/mol. The van der Waals surface area contributed by atoms with E-state index in [4.69, 9.17) is 10.5 Å². The molecule has 2 heterocycles. The summed E-state index contributed by atoms with van der Waals surface area (Å²) < 4.78 is 5.28. The Morgan fingerprint density at radius 3 is 3.19 bits per heavy atom. The quantitative estimate of drug-likeness (QED) is 0.838. The summed E-state index contributed by atoms with van der Waals surface area (Å²) in [6, 6.07) is 1.75. The van der Waals surface area contributed by atoms with E-state index < -0.39 is 0 Å². The van der Waals surface area contributed by atoms with Crippen LogP contribution in [0, 0.1) is 5.92 Å². The van der Waals surface area contributed by atoms with E-state index in [9.17, 15) is 4.79 Å². The minimum Gasteiger partial charge on any atom is -0.397 e. The molecular weight excluding hydrogens is 224 g/mol. The molecule has 1 aliphatic rings. The second-order valence-corrected chi connectivity index (χ2v) is 4.90. The Morgan fingerprint density at radius 2 is 2.56 bits per heavy atom. The average Bonchev–Trinajstić information content (AvgIpc) is 2.88. The maximum absolute atomic E-state index is 11.7. The molecule has 1 aromatic rings. The molecule has 1 amide bonds. The van der Waals surface area contributed by atoms with Gasteiger partial charge in [-0.05, 0) is 30.2 Å². The van der Waals surface area contributed by atoms with Gasteiger partial charge >= 0.3 is 0 Å². The topological polar surface area (TPSA) is 64.4 Å². The van der Waals surface area contributed by atoms with Gasteiger partial charge in [-0.2, -0.15) is 0 Å². The first-order valence-electron chi connectivity index (χ1n) is 5.46. The first-order chi connectivity index (χ1) is 7.77. The van der Waals surface area contributed by atoms with Crippen LogP contribution in [0.15, 0.2) is 11.4 Å². The van der Waals surface area contributed by atoms with Gasteiger partial charge in [-0.1, -0.05) is 0 Å². The van der Waals surface area contributed by atoms with Crippen LogP contribution in [-0.4, -0.2) is 25.7 Å². The molecule has 1 saturated heterocycles. The SMILES string of the molecule is Nc1ccsc1C(=O)NCCC1CCOC1. The number of carbonyl (C=O) groups excluding carboxylic acids is 1. The second-order valence-electron chi connectivity index (χ2n) is 3.98. The van der Waals surface area contributed by atoms with Crippen molar-refractivity contribution in [1.29, 1.82) is 0 Å². The number of nitrogens with one attached hydrogen (secondary N) is 1. The first kappa shape index (κ1) is 11.4. The molecule has 16 heavy (non-hydrogen) atoms. The van der Waals surface area contributed by atoms with Crippen LogP contribution >= 0.6 is 11.3 Å². The molecule has 0 radical (unpaired) electrons. The van der Waals surface area contributed by atoms with E-state index in [0.29, 0.717) is 23.0 Å². The Kier molecular flexibility index (Phi) is 3.79. The van der Waals surface area contributed by atoms with Crippen LogP contribution in [-0.2, 0) is 4.74 Å². The third kappa shape index (κ3) is 2.74. The van der Waals surface area contributed by atoms with Crippen LogP contribution in [0.4, 0.5) is 5.69 Å². The maximum Gasteiger partial charge on any atom is 0.263 e. The van der Waals surface area contributed by atoms with Gasteiger partial charge in [-0.25, -0.2) is 0 Å². The molecule has 1 fully saturated rings. The van der Waals surface area contributed by atoms with Crippen molar-refractivity contribution < 1.29 is 9.53 Å². The summed E-state index contributed by atoms with van der Waals surface area (Å²) in [5.41, 5.74) is 6.23. The van der Waals surface area contributed by atoms with Crippen LogP contribution in [0.2, 0.25) is 0 Å². The number of amides is 1. The number of anilines is 1. The highest BCUT2D eigenvalue weighted by atomic mass is 32.1. The van der Waals surface area contributed by atoms with Gasteiger partial charge in [0.05, 0.1) is 5.69 Å². The van der Waals surface area contributed by atoms with E-state index in [1.165, 1.54) is 11.3 Å². The number of carbonyl (C=O) groups is 1. The number of hydrogen-bond donors (Lipinski definition) is 2. The molecule has 3 N–H and O–H groups in total. The van der Waals surface area contributed by atoms with Gasteiger partial charge in [0.15, 0.2) is 0 Å². The summed E-state index contributed by atoms with van der Waals surface area (Å²) in [5.74, 6) is 0.535. The fourth-order valence-electron chi connectivity index (χ4n) is 1.78. The fourth-order valence-corrected chi connectivity index (χ4v) is 2.52. The van der Waals surface area contributed by atoms with Gasteiger partial charge in [-0.15, -0.1) is 11.3 Å². The molecule has 0 aliphatic carbocycles. The first-order valence-corrected chi connectivity index (χ1v) is 6.34. The van der Waals surface area contributed by atoms with E-state index in [-0.39, 0.29) is 5.91 Å². The molecule has 0 aromatic carbocycles. The van der Waals surface area contributed by atoms with Gasteiger partial charge in [0, 0.05) is 19.8 Å². The van der Waals surface area contributed by atoms with E-state index in [1.54, 1.807) is 6.07 Å². The second kappa shape index (κ2) is 5.32. The summed E-state index contributed by atoms with van der Waals surface area (Å²) in [6.07, 6.45) is 2.09. The molecule has 1 atom stereocenters. The standard InChI is InChI=1S/C11H16N2O2S/c12-9-3-6-16-10(9)11(14)13-4-1-8-2-5-15-7-8/h3,6,8H,1-2,4-5,7,12H2,(H,13,14). The van der Waals surface area contributed by atoms with E-state index in [2.05, 4.69) is 5.32 Å². The Labute approximate surface area is 98.8 Å². The van der Waals surface area contributed by atoms with Crippen LogP contribution in [0.5, 0.6) is 0 Å². The highest BCUT2D eigenvalue weighted by Gasteiger charge is 2.16. The smallest absolute Gasteiger partial charge is 0.263 e. The van der Waals surface area contributed by atoms with Crippen LogP contribution in [0.3, 0.4) is 0 Å². The summed E-state index contributed by atoms with van der Waals surface area (Å²) in [5, 5.41) is 4.72. The predicted octanol–water partition coefficient (Wildman–Crippen LogP) is 1.49. The average molecular weight is 240 g/mol. The van der Waals surface area contributed by atoms with Crippen molar-refractivity contribution in [2.75, 3.05) is 25.5 Å². The van der Waals surface area contributed by atoms with Crippen LogP contribution < -0.4 is 11.1 Å². The summed E-state index contributed by atoms with van der Waals surface area (Å²) in [6.45, 7) is 2.39. The molecule has 0 bridgehead atoms. The molecular formula is C11H16N2O2S. The Hall–Kier alpha value is -1.07. The van der Waals surface area contributed by atoms with Crippen molar-refractivity contribution in [2.24, 2.45) is 5.92 Å². The number of nitrogen functional groups attached to an aromatic ring is 1. The van der Waals surface area contributed by atoms with Gasteiger partial charge in [0.2, 0.25) is 0 Å². The number of ether oxygens (including phenoxy) is 1. The third-order valence-corrected chi connectivity index (χ3v) is 3.69. The summed E-state index contributed by atoms with van der Waals surface area (Å²) in [7, 11) is 0. The molecule has 1 unspecified atom stereocenters. The number of rotatable bonds is 4. The summed E-state index contributed by atoms with van der Waals surface area (Å²) >= 11 is 1.38. The van der Waals surface area contributed by atoms with Gasteiger partial charge in [0.25, 0.3) is 5.91 Å². The van der Waals surface area contributed by atoms with Crippen molar-refractivity contribution in [3.63, 3.8) is 0 Å². The Morgan fingerprint density at radius 1 is 1.69 bits per heavy atom. The minimum absolute atomic E-state index is 0.0635. The maximum atomic E-state index is 11.7. The lowest BCUT2D eigenvalue weighted by Gasteiger charge is -2.08. The minimum atomic E-state index is -0.0635. The fraction of sp³-hybridized carbons (Fsp3) is 0.545. The molecule has 5 heteroatoms. The Balaban J connectivity index is 1.73. The van der Waals surface area contributed by atoms with Crippen molar-refractivity contribution >= 4 is 22.9 Å². The van der Waals surface area contributed by atoms with Gasteiger partial charge in [-0.3, -0.25) is 4.79 Å². The molecule has 4 nitrogen and oxygen atoms in total. The lowest BCUT2D eigenvalue weighted by Crippen LogP contribution is -2.25. The molecule has 0 spiro atoms. The lowest BCUT2D eigenvalue weighted by atomic mass is 10.1. The number of thiophene rings is 1. The molecule has 88 valence electrons. The van der Waals surface area contributed by atoms with Crippen LogP contribution in [0.1, 0.15) is 22.5 Å². The number of hydrogen-bond acceptors (Lipinski definition) is 4. The zero-order valence-corrected chi connectivity index (χ0v) is 9.89. The highest BCUT2D eigenvalue weighted by Crippen LogP contribution is 2.19. The highest BCUT2D eigenvalue weighted by molar-refractivity contribution is 7.12. The molecule has 0 saturated carbocycles. The zero-order chi connectivity index (χ0) is 11.4. The van der Waals surface area contributed by atoms with Gasteiger partial charge < -0.3 is 15.8 Å². The van der Waals surface area contributed by atoms with Crippen LogP contribution in [0.25, 0.3) is 0 Å². The third-order valence-electron chi connectivity index (χ3n) is 2.76. The van der Waals surface area contributed by atoms with Crippen molar-refractivity contribution in [3.05, 3.63) is 16.3 Å². The van der Waals surface area contributed by atoms with E-state index in [1.807, 2.05) is 5.38 Å². The normalized spacial score (nSPS) is 19.9. The van der Waals surface area contributed by atoms with E-state index >= 15 is 0 Å². The van der Waals surface area contributed by atoms with Crippen molar-refractivity contribution in [3.8, 4) is 0 Å². The number of nitrogens with two attached hydrogens (primary N) is 1. The molecule has 1 aliphatic heterocycles. The summed E-state index contributed by atoms with van der Waals surface area (Å²) in [4.78, 5) is 12.3. The lowest BCUT2D eigenvalue weighted by molar-refractivity contribution is 0.0955. The van der Waals surface area contributed by atoms with Crippen molar-refractivity contribution in [1.82, 2.24) is 5.32 Å². The molecule has 2 rings (SSSR count). The van der Waals surface area contributed by atoms with E-state index in [0.717, 1.165) is 26.1 Å². The molecule has 1 aromatic heterocycles. The Bertz CT molecular complexity index is 359.